The minimum Gasteiger partial charge on any atom is -0.370 e. The zero-order valence-electron chi connectivity index (χ0n) is 10.6. The van der Waals surface area contributed by atoms with E-state index in [0.717, 1.165) is 6.42 Å². The third-order valence-corrected chi connectivity index (χ3v) is 2.56. The number of hydrogen-bond donors (Lipinski definition) is 2. The molecule has 2 atom stereocenters. The fourth-order valence-electron chi connectivity index (χ4n) is 1.62. The van der Waals surface area contributed by atoms with E-state index in [1.54, 1.807) is 11.9 Å². The standard InChI is InChI=1S/C11H23N3O2/c1-7(2)5-8(3)14(4)11(16)9(12)6-10(13)15/h7-9H,5-6,12H2,1-4H3,(H2,13,15). The Bertz CT molecular complexity index is 254. The molecule has 5 nitrogen and oxygen atoms in total. The summed E-state index contributed by atoms with van der Waals surface area (Å²) in [7, 11) is 1.70. The van der Waals surface area contributed by atoms with E-state index in [4.69, 9.17) is 11.5 Å². The molecule has 0 aliphatic rings. The van der Waals surface area contributed by atoms with Crippen LogP contribution >= 0.6 is 0 Å². The Labute approximate surface area is 97.2 Å². The van der Waals surface area contributed by atoms with E-state index < -0.39 is 11.9 Å². The fraction of sp³-hybridized carbons (Fsp3) is 0.818. The predicted octanol–water partition coefficient (Wildman–Crippen LogP) is 0.0821. The van der Waals surface area contributed by atoms with E-state index in [0.29, 0.717) is 5.92 Å². The minimum atomic E-state index is -0.822. The molecular formula is C11H23N3O2. The van der Waals surface area contributed by atoms with Crippen molar-refractivity contribution in [2.45, 2.75) is 45.7 Å². The highest BCUT2D eigenvalue weighted by molar-refractivity contribution is 5.87. The van der Waals surface area contributed by atoms with E-state index in [-0.39, 0.29) is 18.4 Å². The molecule has 0 rings (SSSR count). The molecule has 0 saturated heterocycles. The molecule has 0 fully saturated rings. The molecule has 0 heterocycles. The second-order valence-corrected chi connectivity index (χ2v) is 4.70. The van der Waals surface area contributed by atoms with Gasteiger partial charge in [-0.15, -0.1) is 0 Å². The number of hydrogen-bond acceptors (Lipinski definition) is 3. The van der Waals surface area contributed by atoms with E-state index in [9.17, 15) is 9.59 Å². The van der Waals surface area contributed by atoms with E-state index in [1.807, 2.05) is 6.92 Å². The summed E-state index contributed by atoms with van der Waals surface area (Å²) in [6.07, 6.45) is 0.809. The van der Waals surface area contributed by atoms with E-state index >= 15 is 0 Å². The summed E-state index contributed by atoms with van der Waals surface area (Å²) in [4.78, 5) is 24.0. The summed E-state index contributed by atoms with van der Waals surface area (Å²) in [6.45, 7) is 6.16. The van der Waals surface area contributed by atoms with Crippen LogP contribution in [0.15, 0.2) is 0 Å². The monoisotopic (exact) mass is 229 g/mol. The molecule has 0 aromatic heterocycles. The first kappa shape index (κ1) is 14.9. The van der Waals surface area contributed by atoms with Gasteiger partial charge in [0, 0.05) is 13.1 Å². The number of likely N-dealkylation sites (N-methyl/N-ethyl adjacent to an activating group) is 1. The maximum Gasteiger partial charge on any atom is 0.239 e. The average molecular weight is 229 g/mol. The molecule has 0 aliphatic carbocycles. The zero-order valence-corrected chi connectivity index (χ0v) is 10.6. The van der Waals surface area contributed by atoms with Gasteiger partial charge in [-0.25, -0.2) is 0 Å². The molecule has 0 saturated carbocycles. The maximum atomic E-state index is 11.8. The van der Waals surface area contributed by atoms with Gasteiger partial charge in [0.25, 0.3) is 0 Å². The van der Waals surface area contributed by atoms with E-state index in [2.05, 4.69) is 13.8 Å². The second kappa shape index (κ2) is 6.48. The van der Waals surface area contributed by atoms with Gasteiger partial charge in [0.05, 0.1) is 12.5 Å². The van der Waals surface area contributed by atoms with Crippen LogP contribution in [0.3, 0.4) is 0 Å². The van der Waals surface area contributed by atoms with Crippen LogP contribution < -0.4 is 11.5 Å². The van der Waals surface area contributed by atoms with Crippen molar-refractivity contribution in [2.75, 3.05) is 7.05 Å². The van der Waals surface area contributed by atoms with E-state index in [1.165, 1.54) is 0 Å². The molecule has 0 radical (unpaired) electrons. The minimum absolute atomic E-state index is 0.0996. The zero-order chi connectivity index (χ0) is 12.9. The molecule has 0 spiro atoms. The number of carbonyl (C=O) groups is 2. The first-order valence-corrected chi connectivity index (χ1v) is 5.56. The number of primary amides is 1. The highest BCUT2D eigenvalue weighted by Crippen LogP contribution is 2.10. The summed E-state index contributed by atoms with van der Waals surface area (Å²) in [6, 6.07) is -0.705. The molecule has 94 valence electrons. The molecule has 2 amide bonds. The van der Waals surface area contributed by atoms with Gasteiger partial charge in [-0.1, -0.05) is 13.8 Å². The van der Waals surface area contributed by atoms with Gasteiger partial charge in [-0.05, 0) is 19.3 Å². The predicted molar refractivity (Wildman–Crippen MR) is 63.5 cm³/mol. The number of rotatable bonds is 6. The number of nitrogens with two attached hydrogens (primary N) is 2. The Morgan fingerprint density at radius 1 is 1.25 bits per heavy atom. The molecule has 2 unspecified atom stereocenters. The van der Waals surface area contributed by atoms with Crippen LogP contribution in [-0.2, 0) is 9.59 Å². The Morgan fingerprint density at radius 3 is 2.12 bits per heavy atom. The van der Waals surface area contributed by atoms with Crippen molar-refractivity contribution < 1.29 is 9.59 Å². The largest absolute Gasteiger partial charge is 0.370 e. The smallest absolute Gasteiger partial charge is 0.239 e. The van der Waals surface area contributed by atoms with Crippen molar-refractivity contribution in [1.29, 1.82) is 0 Å². The van der Waals surface area contributed by atoms with Crippen LogP contribution in [0.1, 0.15) is 33.6 Å². The Balaban J connectivity index is 4.31. The van der Waals surface area contributed by atoms with Crippen LogP contribution in [0.4, 0.5) is 0 Å². The summed E-state index contributed by atoms with van der Waals surface area (Å²) < 4.78 is 0. The first-order valence-electron chi connectivity index (χ1n) is 5.56. The van der Waals surface area contributed by atoms with Crippen LogP contribution in [0, 0.1) is 5.92 Å². The van der Waals surface area contributed by atoms with Gasteiger partial charge >= 0.3 is 0 Å². The molecule has 0 aliphatic heterocycles. The lowest BCUT2D eigenvalue weighted by Crippen LogP contribution is -2.47. The van der Waals surface area contributed by atoms with Crippen LogP contribution in [0.25, 0.3) is 0 Å². The summed E-state index contributed by atoms with van der Waals surface area (Å²) in [5.41, 5.74) is 10.6. The summed E-state index contributed by atoms with van der Waals surface area (Å²) >= 11 is 0. The Morgan fingerprint density at radius 2 is 1.75 bits per heavy atom. The number of carbonyl (C=O) groups excluding carboxylic acids is 2. The molecule has 0 aromatic rings. The lowest BCUT2D eigenvalue weighted by atomic mass is 10.0. The van der Waals surface area contributed by atoms with Crippen molar-refractivity contribution in [2.24, 2.45) is 17.4 Å². The van der Waals surface area contributed by atoms with Crippen molar-refractivity contribution in [3.8, 4) is 0 Å². The van der Waals surface area contributed by atoms with Crippen molar-refractivity contribution in [3.63, 3.8) is 0 Å². The Hall–Kier alpha value is -1.10. The van der Waals surface area contributed by atoms with Gasteiger partial charge in [-0.2, -0.15) is 0 Å². The topological polar surface area (TPSA) is 89.4 Å². The second-order valence-electron chi connectivity index (χ2n) is 4.70. The van der Waals surface area contributed by atoms with Crippen molar-refractivity contribution in [1.82, 2.24) is 4.90 Å². The third-order valence-electron chi connectivity index (χ3n) is 2.56. The van der Waals surface area contributed by atoms with Gasteiger partial charge in [-0.3, -0.25) is 9.59 Å². The molecular weight excluding hydrogens is 206 g/mol. The van der Waals surface area contributed by atoms with Crippen LogP contribution in [-0.4, -0.2) is 35.8 Å². The molecule has 0 aromatic carbocycles. The normalized spacial score (nSPS) is 14.6. The third kappa shape index (κ3) is 5.11. The van der Waals surface area contributed by atoms with Gasteiger partial charge < -0.3 is 16.4 Å². The molecule has 0 bridgehead atoms. The fourth-order valence-corrected chi connectivity index (χ4v) is 1.62. The molecule has 4 N–H and O–H groups in total. The average Bonchev–Trinajstić information content (AvgIpc) is 2.13. The van der Waals surface area contributed by atoms with Gasteiger partial charge in [0.1, 0.15) is 0 Å². The highest BCUT2D eigenvalue weighted by Gasteiger charge is 2.23. The number of nitrogens with zero attached hydrogens (tertiary/aromatic N) is 1. The Kier molecular flexibility index (Phi) is 6.03. The van der Waals surface area contributed by atoms with Crippen molar-refractivity contribution in [3.05, 3.63) is 0 Å². The van der Waals surface area contributed by atoms with Crippen LogP contribution in [0.5, 0.6) is 0 Å². The quantitative estimate of drug-likeness (QED) is 0.676. The van der Waals surface area contributed by atoms with Gasteiger partial charge in [0.2, 0.25) is 11.8 Å². The van der Waals surface area contributed by atoms with Gasteiger partial charge in [0.15, 0.2) is 0 Å². The number of amides is 2. The summed E-state index contributed by atoms with van der Waals surface area (Å²) in [5, 5.41) is 0. The maximum absolute atomic E-state index is 11.8. The lowest BCUT2D eigenvalue weighted by molar-refractivity contribution is -0.135. The highest BCUT2D eigenvalue weighted by atomic mass is 16.2. The van der Waals surface area contributed by atoms with Crippen LogP contribution in [0.2, 0.25) is 0 Å². The first-order chi connectivity index (χ1) is 7.25. The molecule has 16 heavy (non-hydrogen) atoms. The summed E-state index contributed by atoms with van der Waals surface area (Å²) in [5.74, 6) is -0.268. The van der Waals surface area contributed by atoms with Crippen molar-refractivity contribution >= 4 is 11.8 Å². The SMILES string of the molecule is CC(C)CC(C)N(C)C(=O)C(N)CC(N)=O. The molecule has 5 heteroatoms. The lowest BCUT2D eigenvalue weighted by Gasteiger charge is -2.28.